The average molecular weight is 319 g/mol. The maximum Gasteiger partial charge on any atom is 0.234 e. The zero-order valence-electron chi connectivity index (χ0n) is 14.3. The van der Waals surface area contributed by atoms with Crippen molar-refractivity contribution in [1.82, 2.24) is 14.4 Å². The minimum absolute atomic E-state index is 0.209. The molecular weight excluding hydrogens is 298 g/mol. The zero-order chi connectivity index (χ0) is 16.5. The Morgan fingerprint density at radius 2 is 2.08 bits per heavy atom. The number of imidazole rings is 1. The van der Waals surface area contributed by atoms with Crippen molar-refractivity contribution in [1.29, 1.82) is 0 Å². The Bertz CT molecular complexity index is 957. The third-order valence-electron chi connectivity index (χ3n) is 5.92. The van der Waals surface area contributed by atoms with E-state index in [1.54, 1.807) is 0 Å². The van der Waals surface area contributed by atoms with E-state index in [9.17, 15) is 0 Å². The van der Waals surface area contributed by atoms with Crippen LogP contribution in [0.4, 0.5) is 0 Å². The zero-order valence-corrected chi connectivity index (χ0v) is 14.3. The molecule has 1 aliphatic heterocycles. The Balaban J connectivity index is 1.62. The van der Waals surface area contributed by atoms with Crippen molar-refractivity contribution in [3.63, 3.8) is 0 Å². The van der Waals surface area contributed by atoms with Crippen LogP contribution in [0.1, 0.15) is 48.2 Å². The maximum atomic E-state index is 5.77. The molecule has 0 amide bonds. The predicted molar refractivity (Wildman–Crippen MR) is 92.6 cm³/mol. The summed E-state index contributed by atoms with van der Waals surface area (Å²) in [4.78, 5) is 9.27. The average Bonchev–Trinajstić information content (AvgIpc) is 2.94. The number of aromatic nitrogens is 3. The summed E-state index contributed by atoms with van der Waals surface area (Å²) < 4.78 is 7.86. The smallest absolute Gasteiger partial charge is 0.234 e. The number of hydrogen-bond donors (Lipinski definition) is 0. The van der Waals surface area contributed by atoms with Gasteiger partial charge in [-0.3, -0.25) is 4.40 Å². The van der Waals surface area contributed by atoms with Crippen LogP contribution in [0.15, 0.2) is 36.7 Å². The lowest BCUT2D eigenvalue weighted by molar-refractivity contribution is 0.357. The van der Waals surface area contributed by atoms with E-state index in [1.165, 1.54) is 22.5 Å². The van der Waals surface area contributed by atoms with Gasteiger partial charge in [0.25, 0.3) is 0 Å². The first-order chi connectivity index (χ1) is 11.6. The molecule has 5 rings (SSSR count). The third kappa shape index (κ3) is 1.74. The van der Waals surface area contributed by atoms with Gasteiger partial charge in [-0.1, -0.05) is 26.0 Å². The SMILES string of the molecule is Cc1c(C2C(c3cccc4c3CCO4)C2(C)C)nc2ncccn12. The second-order valence-electron chi connectivity index (χ2n) is 7.57. The normalized spacial score (nSPS) is 24.0. The molecule has 2 unspecified atom stereocenters. The Labute approximate surface area is 141 Å². The van der Waals surface area contributed by atoms with Crippen LogP contribution in [0.5, 0.6) is 5.75 Å². The van der Waals surface area contributed by atoms with Gasteiger partial charge in [0, 0.05) is 36.0 Å². The van der Waals surface area contributed by atoms with Crippen LogP contribution in [0, 0.1) is 12.3 Å². The highest BCUT2D eigenvalue weighted by atomic mass is 16.5. The van der Waals surface area contributed by atoms with Gasteiger partial charge in [0.15, 0.2) is 0 Å². The van der Waals surface area contributed by atoms with Crippen molar-refractivity contribution in [3.8, 4) is 5.75 Å². The number of rotatable bonds is 2. The molecule has 24 heavy (non-hydrogen) atoms. The largest absolute Gasteiger partial charge is 0.493 e. The predicted octanol–water partition coefficient (Wildman–Crippen LogP) is 3.88. The molecule has 4 nitrogen and oxygen atoms in total. The fraction of sp³-hybridized carbons (Fsp3) is 0.400. The summed E-state index contributed by atoms with van der Waals surface area (Å²) in [7, 11) is 0. The van der Waals surface area contributed by atoms with Crippen LogP contribution >= 0.6 is 0 Å². The summed E-state index contributed by atoms with van der Waals surface area (Å²) in [6.45, 7) is 7.67. The summed E-state index contributed by atoms with van der Waals surface area (Å²) in [5.41, 5.74) is 5.46. The minimum atomic E-state index is 0.209. The van der Waals surface area contributed by atoms with Gasteiger partial charge in [-0.15, -0.1) is 0 Å². The number of nitrogens with zero attached hydrogens (tertiary/aromatic N) is 3. The molecule has 0 spiro atoms. The first-order valence-corrected chi connectivity index (χ1v) is 8.63. The number of fused-ring (bicyclic) bond motifs is 2. The minimum Gasteiger partial charge on any atom is -0.493 e. The van der Waals surface area contributed by atoms with Crippen molar-refractivity contribution in [2.75, 3.05) is 6.61 Å². The van der Waals surface area contributed by atoms with Gasteiger partial charge in [-0.05, 0) is 36.0 Å². The van der Waals surface area contributed by atoms with E-state index in [-0.39, 0.29) is 5.41 Å². The Kier molecular flexibility index (Phi) is 2.68. The highest BCUT2D eigenvalue weighted by molar-refractivity contribution is 5.52. The van der Waals surface area contributed by atoms with Gasteiger partial charge >= 0.3 is 0 Å². The summed E-state index contributed by atoms with van der Waals surface area (Å²) in [6, 6.07) is 8.46. The second kappa shape index (κ2) is 4.59. The van der Waals surface area contributed by atoms with Crippen LogP contribution < -0.4 is 4.74 Å². The molecule has 2 aromatic heterocycles. The Hall–Kier alpha value is -2.36. The van der Waals surface area contributed by atoms with E-state index < -0.39 is 0 Å². The Morgan fingerprint density at radius 1 is 1.21 bits per heavy atom. The topological polar surface area (TPSA) is 39.4 Å². The van der Waals surface area contributed by atoms with Crippen molar-refractivity contribution in [3.05, 3.63) is 59.2 Å². The van der Waals surface area contributed by atoms with Gasteiger partial charge in [0.2, 0.25) is 5.78 Å². The third-order valence-corrected chi connectivity index (χ3v) is 5.92. The number of hydrogen-bond acceptors (Lipinski definition) is 3. The van der Waals surface area contributed by atoms with Crippen molar-refractivity contribution < 1.29 is 4.74 Å². The van der Waals surface area contributed by atoms with E-state index in [1.807, 2.05) is 18.5 Å². The summed E-state index contributed by atoms with van der Waals surface area (Å²) in [6.07, 6.45) is 4.88. The van der Waals surface area contributed by atoms with Gasteiger partial charge in [-0.2, -0.15) is 0 Å². The summed E-state index contributed by atoms with van der Waals surface area (Å²) in [5, 5.41) is 0. The number of benzene rings is 1. The van der Waals surface area contributed by atoms with Gasteiger partial charge in [0.05, 0.1) is 12.3 Å². The molecule has 1 aliphatic carbocycles. The molecule has 1 aromatic carbocycles. The fourth-order valence-electron chi connectivity index (χ4n) is 4.58. The van der Waals surface area contributed by atoms with Crippen LogP contribution in [-0.4, -0.2) is 21.0 Å². The molecule has 0 radical (unpaired) electrons. The van der Waals surface area contributed by atoms with E-state index in [0.717, 1.165) is 24.6 Å². The quantitative estimate of drug-likeness (QED) is 0.719. The van der Waals surface area contributed by atoms with Crippen LogP contribution in [-0.2, 0) is 6.42 Å². The molecule has 0 bridgehead atoms. The lowest BCUT2D eigenvalue weighted by Gasteiger charge is -2.08. The maximum absolute atomic E-state index is 5.77. The van der Waals surface area contributed by atoms with Gasteiger partial charge in [-0.25, -0.2) is 9.97 Å². The van der Waals surface area contributed by atoms with E-state index in [0.29, 0.717) is 11.8 Å². The van der Waals surface area contributed by atoms with Crippen LogP contribution in [0.2, 0.25) is 0 Å². The van der Waals surface area contributed by atoms with E-state index in [4.69, 9.17) is 9.72 Å². The molecule has 122 valence electrons. The van der Waals surface area contributed by atoms with Crippen LogP contribution in [0.25, 0.3) is 5.78 Å². The summed E-state index contributed by atoms with van der Waals surface area (Å²) in [5.74, 6) is 2.81. The molecular formula is C20H21N3O. The molecule has 0 N–H and O–H groups in total. The lowest BCUT2D eigenvalue weighted by Crippen LogP contribution is -1.94. The molecule has 3 aromatic rings. The molecule has 2 atom stereocenters. The molecule has 3 heterocycles. The van der Waals surface area contributed by atoms with E-state index >= 15 is 0 Å². The number of aryl methyl sites for hydroxylation is 1. The number of ether oxygens (including phenoxy) is 1. The fourth-order valence-corrected chi connectivity index (χ4v) is 4.58. The Morgan fingerprint density at radius 3 is 2.92 bits per heavy atom. The lowest BCUT2D eigenvalue weighted by atomic mass is 9.96. The van der Waals surface area contributed by atoms with Crippen molar-refractivity contribution >= 4 is 5.78 Å². The monoisotopic (exact) mass is 319 g/mol. The highest BCUT2D eigenvalue weighted by Gasteiger charge is 2.61. The van der Waals surface area contributed by atoms with E-state index in [2.05, 4.69) is 48.4 Å². The molecule has 2 aliphatic rings. The molecule has 1 saturated carbocycles. The van der Waals surface area contributed by atoms with Gasteiger partial charge < -0.3 is 4.74 Å². The molecule has 4 heteroatoms. The standard InChI is InChI=1S/C20H21N3O/c1-12-18(22-19-21-9-5-10-23(12)19)17-16(20(17,2)3)14-6-4-7-15-13(14)8-11-24-15/h4-7,9-10,16-17H,8,11H2,1-3H3. The first kappa shape index (κ1) is 14.0. The van der Waals surface area contributed by atoms with Crippen LogP contribution in [0.3, 0.4) is 0 Å². The molecule has 1 fully saturated rings. The second-order valence-corrected chi connectivity index (χ2v) is 7.57. The van der Waals surface area contributed by atoms with Crippen molar-refractivity contribution in [2.45, 2.75) is 39.0 Å². The van der Waals surface area contributed by atoms with Gasteiger partial charge in [0.1, 0.15) is 5.75 Å². The highest BCUT2D eigenvalue weighted by Crippen LogP contribution is 2.70. The van der Waals surface area contributed by atoms with Crippen molar-refractivity contribution in [2.24, 2.45) is 5.41 Å². The summed E-state index contributed by atoms with van der Waals surface area (Å²) >= 11 is 0. The molecule has 0 saturated heterocycles. The first-order valence-electron chi connectivity index (χ1n) is 8.63.